The average molecular weight is 563 g/mol. The van der Waals surface area contributed by atoms with Gasteiger partial charge in [-0.3, -0.25) is 14.0 Å². The molecule has 0 saturated heterocycles. The Kier molecular flexibility index (Phi) is 6.29. The van der Waals surface area contributed by atoms with Crippen molar-refractivity contribution < 1.29 is 18.7 Å². The van der Waals surface area contributed by atoms with Gasteiger partial charge in [0, 0.05) is 29.6 Å². The third-order valence-corrected chi connectivity index (χ3v) is 9.07. The number of nitrogens with zero attached hydrogens (tertiary/aromatic N) is 2. The zero-order valence-corrected chi connectivity index (χ0v) is 23.1. The molecule has 2 aliphatic carbocycles. The number of pyridine rings is 1. The predicted octanol–water partition coefficient (Wildman–Crippen LogP) is 3.54. The molecule has 4 N–H and O–H groups in total. The first kappa shape index (κ1) is 27.1. The van der Waals surface area contributed by atoms with Crippen LogP contribution >= 0.6 is 0 Å². The molecular weight excluding hydrogens is 530 g/mol. The van der Waals surface area contributed by atoms with Gasteiger partial charge in [-0.1, -0.05) is 12.1 Å². The Hall–Kier alpha value is -4.05. The molecule has 4 atom stereocenters. The number of aromatic amines is 1. The van der Waals surface area contributed by atoms with Crippen LogP contribution in [0.5, 0.6) is 0 Å². The molecular formula is C31H32F2N4O4. The minimum Gasteiger partial charge on any atom is -0.390 e. The molecule has 3 aromatic heterocycles. The summed E-state index contributed by atoms with van der Waals surface area (Å²) >= 11 is 0. The van der Waals surface area contributed by atoms with Gasteiger partial charge in [0.1, 0.15) is 12.0 Å². The quantitative estimate of drug-likeness (QED) is 0.352. The van der Waals surface area contributed by atoms with E-state index in [0.29, 0.717) is 41.6 Å². The Balaban J connectivity index is 1.54. The maximum atomic E-state index is 16.2. The summed E-state index contributed by atoms with van der Waals surface area (Å²) in [6, 6.07) is 8.67. The van der Waals surface area contributed by atoms with Gasteiger partial charge in [0.2, 0.25) is 5.91 Å². The molecule has 10 heteroatoms. The van der Waals surface area contributed by atoms with E-state index >= 15 is 4.39 Å². The van der Waals surface area contributed by atoms with Gasteiger partial charge < -0.3 is 15.8 Å². The highest BCUT2D eigenvalue weighted by molar-refractivity contribution is 5.83. The number of primary amides is 1. The lowest BCUT2D eigenvalue weighted by molar-refractivity contribution is -0.120. The van der Waals surface area contributed by atoms with Crippen LogP contribution in [0.15, 0.2) is 52.2 Å². The maximum Gasteiger partial charge on any atom is 0.340 e. The van der Waals surface area contributed by atoms with Gasteiger partial charge in [-0.2, -0.15) is 0 Å². The van der Waals surface area contributed by atoms with E-state index in [1.54, 1.807) is 39.0 Å². The molecule has 0 saturated carbocycles. The Morgan fingerprint density at radius 3 is 2.66 bits per heavy atom. The van der Waals surface area contributed by atoms with Gasteiger partial charge >= 0.3 is 5.69 Å². The number of benzene rings is 1. The van der Waals surface area contributed by atoms with Crippen molar-refractivity contribution in [3.63, 3.8) is 0 Å². The second-order valence-electron chi connectivity index (χ2n) is 11.9. The molecule has 1 amide bonds. The first-order valence-corrected chi connectivity index (χ1v) is 13.8. The molecule has 0 fully saturated rings. The summed E-state index contributed by atoms with van der Waals surface area (Å²) in [5.41, 5.74) is 7.75. The summed E-state index contributed by atoms with van der Waals surface area (Å²) in [7, 11) is 0. The van der Waals surface area contributed by atoms with E-state index in [0.717, 1.165) is 26.3 Å². The fourth-order valence-electron chi connectivity index (χ4n) is 6.88. The minimum atomic E-state index is -1.45. The van der Waals surface area contributed by atoms with E-state index in [9.17, 15) is 23.9 Å². The van der Waals surface area contributed by atoms with Crippen molar-refractivity contribution in [2.24, 2.45) is 11.7 Å². The zero-order chi connectivity index (χ0) is 29.4. The minimum absolute atomic E-state index is 0.00981. The molecule has 0 bridgehead atoms. The van der Waals surface area contributed by atoms with Crippen LogP contribution in [-0.2, 0) is 17.6 Å². The Morgan fingerprint density at radius 1 is 1.20 bits per heavy atom. The number of H-pyrrole nitrogens is 1. The topological polar surface area (TPSA) is 123 Å². The van der Waals surface area contributed by atoms with Crippen LogP contribution in [0.3, 0.4) is 0 Å². The summed E-state index contributed by atoms with van der Waals surface area (Å²) in [6.45, 7) is 5.28. The van der Waals surface area contributed by atoms with Gasteiger partial charge in [0.05, 0.1) is 22.7 Å². The fraction of sp³-hybridized carbons (Fsp3) is 0.387. The van der Waals surface area contributed by atoms with E-state index in [1.807, 2.05) is 0 Å². The van der Waals surface area contributed by atoms with E-state index < -0.39 is 46.6 Å². The lowest BCUT2D eigenvalue weighted by Gasteiger charge is -2.35. The molecule has 41 heavy (non-hydrogen) atoms. The summed E-state index contributed by atoms with van der Waals surface area (Å²) in [6.07, 6.45) is 1.68. The Morgan fingerprint density at radius 2 is 1.95 bits per heavy atom. The maximum absolute atomic E-state index is 16.2. The number of halogens is 2. The molecule has 0 radical (unpaired) electrons. The van der Waals surface area contributed by atoms with Crippen molar-refractivity contribution in [1.29, 1.82) is 0 Å². The monoisotopic (exact) mass is 562 g/mol. The number of alkyl halides is 1. The molecule has 0 spiro atoms. The van der Waals surface area contributed by atoms with Crippen LogP contribution in [-0.4, -0.2) is 36.7 Å². The van der Waals surface area contributed by atoms with Crippen LogP contribution in [0.2, 0.25) is 0 Å². The third-order valence-electron chi connectivity index (χ3n) is 9.07. The first-order chi connectivity index (χ1) is 19.4. The van der Waals surface area contributed by atoms with Crippen molar-refractivity contribution in [1.82, 2.24) is 14.0 Å². The molecule has 1 aromatic carbocycles. The van der Waals surface area contributed by atoms with E-state index in [4.69, 9.17) is 5.73 Å². The third kappa shape index (κ3) is 4.23. The normalized spacial score (nSPS) is 22.4. The Labute approximate surface area is 234 Å². The second-order valence-corrected chi connectivity index (χ2v) is 11.9. The van der Waals surface area contributed by atoms with Crippen LogP contribution in [0.1, 0.15) is 72.2 Å². The number of fused-ring (bicyclic) bond motifs is 4. The largest absolute Gasteiger partial charge is 0.390 e. The standard InChI is InChI=1S/C31H32F2N4O4/c1-15-17(6-4-8-23(15)37-25(38)14-24-20(32)7-5-11-36(24)30(37)40)26-21(33)13-19(29(34)39)28-27(26)18-10-9-16(31(2,3)41)12-22(18)35-28/h4-8,11,14,16,19,21,26,35,41H,9-10,12-13H2,1-3H3,(H2,34,39)/t16-,19?,21+,26+/m0/s1. The molecule has 2 aliphatic rings. The van der Waals surface area contributed by atoms with Gasteiger partial charge in [-0.25, -0.2) is 18.1 Å². The van der Waals surface area contributed by atoms with Crippen LogP contribution in [0.4, 0.5) is 8.78 Å². The molecule has 3 heterocycles. The van der Waals surface area contributed by atoms with E-state index in [2.05, 4.69) is 4.98 Å². The predicted molar refractivity (Wildman–Crippen MR) is 150 cm³/mol. The van der Waals surface area contributed by atoms with Crippen molar-refractivity contribution in [2.75, 3.05) is 0 Å². The molecule has 1 unspecified atom stereocenters. The number of nitrogens with two attached hydrogens (primary N) is 1. The van der Waals surface area contributed by atoms with E-state index in [-0.39, 0.29) is 23.5 Å². The lowest BCUT2D eigenvalue weighted by Crippen LogP contribution is -2.37. The number of rotatable bonds is 4. The highest BCUT2D eigenvalue weighted by Crippen LogP contribution is 2.49. The van der Waals surface area contributed by atoms with Crippen LogP contribution in [0, 0.1) is 18.7 Å². The van der Waals surface area contributed by atoms with Crippen molar-refractivity contribution in [3.8, 4) is 5.69 Å². The highest BCUT2D eigenvalue weighted by atomic mass is 19.1. The van der Waals surface area contributed by atoms with Gasteiger partial charge in [-0.15, -0.1) is 0 Å². The van der Waals surface area contributed by atoms with E-state index in [1.165, 1.54) is 18.3 Å². The number of amides is 1. The van der Waals surface area contributed by atoms with Crippen LogP contribution in [0.25, 0.3) is 11.2 Å². The van der Waals surface area contributed by atoms with Gasteiger partial charge in [-0.05, 0) is 92.8 Å². The van der Waals surface area contributed by atoms with Crippen molar-refractivity contribution in [3.05, 3.63) is 103 Å². The number of hydrogen-bond donors (Lipinski definition) is 3. The number of hydrogen-bond acceptors (Lipinski definition) is 4. The SMILES string of the molecule is Cc1c([C@H]2c3c([nH]c4c3CC[C@H](C(C)(C)O)C4)C(C(N)=O)C[C@H]2F)cccc1-n1c(=O)cc2c(F)cccn2c1=O. The van der Waals surface area contributed by atoms with Crippen molar-refractivity contribution >= 4 is 11.4 Å². The Bertz CT molecular complexity index is 1830. The smallest absolute Gasteiger partial charge is 0.340 e. The summed E-state index contributed by atoms with van der Waals surface area (Å²) in [4.78, 5) is 42.4. The number of carbonyl (C=O) groups is 1. The fourth-order valence-corrected chi connectivity index (χ4v) is 6.88. The lowest BCUT2D eigenvalue weighted by atomic mass is 9.70. The second kappa shape index (κ2) is 9.51. The van der Waals surface area contributed by atoms with Crippen molar-refractivity contribution in [2.45, 2.75) is 70.1 Å². The summed E-state index contributed by atoms with van der Waals surface area (Å²) < 4.78 is 32.6. The number of carbonyl (C=O) groups excluding carboxylic acids is 1. The summed E-state index contributed by atoms with van der Waals surface area (Å²) in [5, 5.41) is 10.7. The van der Waals surface area contributed by atoms with Gasteiger partial charge in [0.15, 0.2) is 0 Å². The highest BCUT2D eigenvalue weighted by Gasteiger charge is 2.44. The molecule has 0 aliphatic heterocycles. The van der Waals surface area contributed by atoms with Crippen LogP contribution < -0.4 is 17.0 Å². The average Bonchev–Trinajstić information content (AvgIpc) is 3.28. The molecule has 4 aromatic rings. The molecule has 214 valence electrons. The molecule has 8 nitrogen and oxygen atoms in total. The first-order valence-electron chi connectivity index (χ1n) is 13.8. The van der Waals surface area contributed by atoms with Gasteiger partial charge in [0.25, 0.3) is 5.56 Å². The zero-order valence-electron chi connectivity index (χ0n) is 23.1. The summed E-state index contributed by atoms with van der Waals surface area (Å²) in [5.74, 6) is -2.91. The number of aliphatic hydroxyl groups is 1. The number of aromatic nitrogens is 3. The number of nitrogens with one attached hydrogen (secondary N) is 1. The molecule has 6 rings (SSSR count).